The minimum Gasteiger partial charge on any atom is -0.396 e. The van der Waals surface area contributed by atoms with E-state index in [1.165, 1.54) is 0 Å². The number of halogens is 1. The number of carbonyl (C=O) groups is 1. The van der Waals surface area contributed by atoms with Crippen molar-refractivity contribution in [3.63, 3.8) is 0 Å². The number of amides is 1. The number of carbonyl (C=O) groups excluding carboxylic acids is 1. The van der Waals surface area contributed by atoms with Crippen LogP contribution in [0.3, 0.4) is 0 Å². The van der Waals surface area contributed by atoms with E-state index in [4.69, 9.17) is 11.5 Å². The van der Waals surface area contributed by atoms with E-state index in [0.29, 0.717) is 10.9 Å². The van der Waals surface area contributed by atoms with Crippen LogP contribution < -0.4 is 11.5 Å². The van der Waals surface area contributed by atoms with E-state index >= 15 is 0 Å². The van der Waals surface area contributed by atoms with Crippen LogP contribution in [-0.4, -0.2) is 16.1 Å². The van der Waals surface area contributed by atoms with Gasteiger partial charge in [-0.2, -0.15) is 0 Å². The second-order valence-corrected chi connectivity index (χ2v) is 4.21. The molecule has 0 spiro atoms. The third-order valence-corrected chi connectivity index (χ3v) is 3.34. The van der Waals surface area contributed by atoms with Gasteiger partial charge in [-0.1, -0.05) is 12.1 Å². The van der Waals surface area contributed by atoms with Gasteiger partial charge >= 0.3 is 0 Å². The van der Waals surface area contributed by atoms with Crippen molar-refractivity contribution in [2.45, 2.75) is 6.92 Å². The lowest BCUT2D eigenvalue weighted by molar-refractivity contribution is 0.0996. The molecule has 0 unspecified atom stereocenters. The van der Waals surface area contributed by atoms with Gasteiger partial charge < -0.3 is 11.5 Å². The Kier molecular flexibility index (Phi) is 2.51. The topological polar surface area (TPSA) is 94.9 Å². The zero-order valence-electron chi connectivity index (χ0n) is 8.49. The lowest BCUT2D eigenvalue weighted by Gasteiger charge is -2.07. The Bertz CT molecular complexity index is 597. The zero-order valence-corrected chi connectivity index (χ0v) is 10.1. The summed E-state index contributed by atoms with van der Waals surface area (Å²) in [5, 5.41) is 8.34. The number of hydrogen-bond donors (Lipinski definition) is 2. The number of aryl methyl sites for hydroxylation is 1. The number of anilines is 1. The number of primary amides is 1. The van der Waals surface area contributed by atoms with Crippen molar-refractivity contribution in [3.05, 3.63) is 27.9 Å². The summed E-state index contributed by atoms with van der Waals surface area (Å²) in [6.07, 6.45) is 0. The quantitative estimate of drug-likeness (QED) is 0.825. The summed E-state index contributed by atoms with van der Waals surface area (Å²) in [4.78, 5) is 11.0. The summed E-state index contributed by atoms with van der Waals surface area (Å²) in [5.41, 5.74) is 12.9. The van der Waals surface area contributed by atoms with Gasteiger partial charge in [-0.15, -0.1) is 10.2 Å². The van der Waals surface area contributed by atoms with Crippen LogP contribution in [0.25, 0.3) is 10.9 Å². The number of nitrogen functional groups attached to an aromatic ring is 1. The fourth-order valence-corrected chi connectivity index (χ4v) is 1.87. The van der Waals surface area contributed by atoms with Crippen LogP contribution in [0.4, 0.5) is 5.69 Å². The van der Waals surface area contributed by atoms with Crippen molar-refractivity contribution in [2.24, 2.45) is 5.73 Å². The first kappa shape index (κ1) is 10.8. The van der Waals surface area contributed by atoms with E-state index in [-0.39, 0.29) is 11.4 Å². The van der Waals surface area contributed by atoms with Crippen molar-refractivity contribution in [1.29, 1.82) is 0 Å². The van der Waals surface area contributed by atoms with Crippen LogP contribution in [0, 0.1) is 6.92 Å². The predicted molar refractivity (Wildman–Crippen MR) is 64.9 cm³/mol. The summed E-state index contributed by atoms with van der Waals surface area (Å²) in [5.74, 6) is -0.677. The lowest BCUT2D eigenvalue weighted by Crippen LogP contribution is -2.16. The second kappa shape index (κ2) is 3.71. The van der Waals surface area contributed by atoms with Crippen LogP contribution in [0.5, 0.6) is 0 Å². The molecule has 0 saturated carbocycles. The molecule has 5 nitrogen and oxygen atoms in total. The Labute approximate surface area is 100.0 Å². The third-order valence-electron chi connectivity index (χ3n) is 2.34. The van der Waals surface area contributed by atoms with Gasteiger partial charge in [0, 0.05) is 9.86 Å². The highest BCUT2D eigenvalue weighted by molar-refractivity contribution is 9.10. The number of nitrogens with zero attached hydrogens (tertiary/aromatic N) is 2. The number of rotatable bonds is 1. The van der Waals surface area contributed by atoms with E-state index in [9.17, 15) is 4.79 Å². The maximum absolute atomic E-state index is 11.0. The molecule has 0 aliphatic carbocycles. The van der Waals surface area contributed by atoms with Crippen LogP contribution in [-0.2, 0) is 0 Å². The molecule has 1 heterocycles. The smallest absolute Gasteiger partial charge is 0.271 e. The molecule has 0 aliphatic rings. The highest BCUT2D eigenvalue weighted by atomic mass is 79.9. The summed E-state index contributed by atoms with van der Waals surface area (Å²) in [7, 11) is 0. The van der Waals surface area contributed by atoms with Crippen molar-refractivity contribution in [3.8, 4) is 0 Å². The molecule has 1 aromatic heterocycles. The molecule has 0 atom stereocenters. The molecular weight excluding hydrogens is 272 g/mol. The molecule has 0 saturated heterocycles. The molecule has 0 fully saturated rings. The first-order valence-corrected chi connectivity index (χ1v) is 5.32. The average Bonchev–Trinajstić information content (AvgIpc) is 2.23. The second-order valence-electron chi connectivity index (χ2n) is 3.42. The molecule has 0 radical (unpaired) electrons. The summed E-state index contributed by atoms with van der Waals surface area (Å²) in [6.45, 7) is 1.93. The van der Waals surface area contributed by atoms with Crippen molar-refractivity contribution >= 4 is 38.4 Å². The van der Waals surface area contributed by atoms with Gasteiger partial charge in [-0.3, -0.25) is 4.79 Å². The van der Waals surface area contributed by atoms with E-state index < -0.39 is 5.91 Å². The summed E-state index contributed by atoms with van der Waals surface area (Å²) in [6, 6.07) is 3.68. The number of hydrogen-bond acceptors (Lipinski definition) is 4. The van der Waals surface area contributed by atoms with Crippen molar-refractivity contribution < 1.29 is 4.79 Å². The van der Waals surface area contributed by atoms with Crippen molar-refractivity contribution in [1.82, 2.24) is 10.2 Å². The van der Waals surface area contributed by atoms with Gasteiger partial charge in [0.05, 0.1) is 5.69 Å². The zero-order chi connectivity index (χ0) is 11.9. The molecule has 2 aromatic rings. The van der Waals surface area contributed by atoms with Gasteiger partial charge in [-0.05, 0) is 28.4 Å². The Balaban J connectivity index is 2.87. The molecule has 0 bridgehead atoms. The van der Waals surface area contributed by atoms with Gasteiger partial charge in [-0.25, -0.2) is 0 Å². The Morgan fingerprint density at radius 3 is 2.69 bits per heavy atom. The first-order chi connectivity index (χ1) is 7.52. The van der Waals surface area contributed by atoms with E-state index in [0.717, 1.165) is 10.0 Å². The van der Waals surface area contributed by atoms with E-state index in [1.807, 2.05) is 13.0 Å². The van der Waals surface area contributed by atoms with E-state index in [2.05, 4.69) is 26.1 Å². The third kappa shape index (κ3) is 1.51. The van der Waals surface area contributed by atoms with Crippen LogP contribution in [0.2, 0.25) is 0 Å². The van der Waals surface area contributed by atoms with Gasteiger partial charge in [0.1, 0.15) is 5.52 Å². The SMILES string of the molecule is Cc1ccc2c(N)c(C(N)=O)nnc2c1Br. The average molecular weight is 281 g/mol. The fraction of sp³-hybridized carbons (Fsp3) is 0.100. The minimum absolute atomic E-state index is 0.00301. The normalized spacial score (nSPS) is 10.6. The van der Waals surface area contributed by atoms with Crippen LogP contribution in [0.15, 0.2) is 16.6 Å². The molecule has 1 aromatic carbocycles. The lowest BCUT2D eigenvalue weighted by atomic mass is 10.1. The predicted octanol–water partition coefficient (Wildman–Crippen LogP) is 1.38. The number of nitrogens with two attached hydrogens (primary N) is 2. The molecule has 2 rings (SSSR count). The first-order valence-electron chi connectivity index (χ1n) is 4.53. The maximum atomic E-state index is 11.0. The number of benzene rings is 1. The van der Waals surface area contributed by atoms with Crippen LogP contribution >= 0.6 is 15.9 Å². The Morgan fingerprint density at radius 2 is 2.06 bits per heavy atom. The van der Waals surface area contributed by atoms with Crippen LogP contribution in [0.1, 0.15) is 16.1 Å². The monoisotopic (exact) mass is 280 g/mol. The maximum Gasteiger partial charge on any atom is 0.271 e. The number of fused-ring (bicyclic) bond motifs is 1. The van der Waals surface area contributed by atoms with E-state index in [1.54, 1.807) is 6.07 Å². The summed E-state index contributed by atoms with van der Waals surface area (Å²) < 4.78 is 0.820. The number of aromatic nitrogens is 2. The highest BCUT2D eigenvalue weighted by Gasteiger charge is 2.14. The van der Waals surface area contributed by atoms with Gasteiger partial charge in [0.25, 0.3) is 5.91 Å². The van der Waals surface area contributed by atoms with Gasteiger partial charge in [0.2, 0.25) is 0 Å². The molecule has 0 aliphatic heterocycles. The molecule has 16 heavy (non-hydrogen) atoms. The standard InChI is InChI=1S/C10H9BrN4O/c1-4-2-3-5-7(12)9(10(13)16)15-14-8(5)6(4)11/h2-3H,1H3,(H2,12,14)(H2,13,16). The fourth-order valence-electron chi connectivity index (χ4n) is 1.44. The summed E-state index contributed by atoms with van der Waals surface area (Å²) >= 11 is 3.40. The Morgan fingerprint density at radius 1 is 1.38 bits per heavy atom. The minimum atomic E-state index is -0.677. The molecule has 82 valence electrons. The van der Waals surface area contributed by atoms with Gasteiger partial charge in [0.15, 0.2) is 5.69 Å². The molecule has 1 amide bonds. The molecular formula is C10H9BrN4O. The molecule has 4 N–H and O–H groups in total. The highest BCUT2D eigenvalue weighted by Crippen LogP contribution is 2.29. The van der Waals surface area contributed by atoms with Crippen molar-refractivity contribution in [2.75, 3.05) is 5.73 Å². The molecule has 6 heteroatoms. The Hall–Kier alpha value is -1.69. The largest absolute Gasteiger partial charge is 0.396 e.